The van der Waals surface area contributed by atoms with Crippen LogP contribution in [-0.2, 0) is 0 Å². The van der Waals surface area contributed by atoms with Gasteiger partial charge in [0.15, 0.2) is 5.78 Å². The molecule has 0 N–H and O–H groups in total. The summed E-state index contributed by atoms with van der Waals surface area (Å²) in [5.74, 6) is 0.709. The van der Waals surface area contributed by atoms with Crippen LogP contribution >= 0.6 is 23.2 Å². The first kappa shape index (κ1) is 14.3. The summed E-state index contributed by atoms with van der Waals surface area (Å²) in [7, 11) is 0. The fraction of sp³-hybridized carbons (Fsp3) is 0.462. The molecular formula is C13H16Cl2O2. The maximum atomic E-state index is 11.7. The number of carbonyl (C=O) groups excluding carboxylic acids is 1. The van der Waals surface area contributed by atoms with E-state index in [1.165, 1.54) is 0 Å². The monoisotopic (exact) mass is 274 g/mol. The van der Waals surface area contributed by atoms with Gasteiger partial charge < -0.3 is 4.74 Å². The molecule has 0 bridgehead atoms. The summed E-state index contributed by atoms with van der Waals surface area (Å²) in [4.78, 5) is 11.7. The first-order chi connectivity index (χ1) is 7.95. The Bertz CT molecular complexity index is 414. The number of aryl methyl sites for hydroxylation is 1. The van der Waals surface area contributed by atoms with E-state index < -0.39 is 0 Å². The van der Waals surface area contributed by atoms with Crippen molar-refractivity contribution in [3.05, 3.63) is 28.3 Å². The van der Waals surface area contributed by atoms with Crippen LogP contribution in [0, 0.1) is 12.8 Å². The van der Waals surface area contributed by atoms with Crippen LogP contribution in [-0.4, -0.2) is 18.3 Å². The highest BCUT2D eigenvalue weighted by molar-refractivity contribution is 6.33. The van der Waals surface area contributed by atoms with Crippen molar-refractivity contribution in [2.24, 2.45) is 5.92 Å². The van der Waals surface area contributed by atoms with Gasteiger partial charge in [0, 0.05) is 5.02 Å². The summed E-state index contributed by atoms with van der Waals surface area (Å²) >= 11 is 11.6. The minimum Gasteiger partial charge on any atom is -0.493 e. The summed E-state index contributed by atoms with van der Waals surface area (Å²) in [5, 5.41) is 0.551. The van der Waals surface area contributed by atoms with Gasteiger partial charge in [-0.2, -0.15) is 0 Å². The maximum Gasteiger partial charge on any atom is 0.181 e. The number of alkyl halides is 1. The summed E-state index contributed by atoms with van der Waals surface area (Å²) in [6.45, 7) is 6.53. The van der Waals surface area contributed by atoms with Crippen molar-refractivity contribution in [2.45, 2.75) is 20.8 Å². The molecule has 0 saturated carbocycles. The molecule has 17 heavy (non-hydrogen) atoms. The summed E-state index contributed by atoms with van der Waals surface area (Å²) in [6.07, 6.45) is 0. The molecule has 0 aliphatic heterocycles. The maximum absolute atomic E-state index is 11.7. The quantitative estimate of drug-likeness (QED) is 0.597. The van der Waals surface area contributed by atoms with Crippen LogP contribution in [0.2, 0.25) is 5.02 Å². The Balaban J connectivity index is 3.07. The Hall–Kier alpha value is -0.730. The molecule has 0 fully saturated rings. The first-order valence-electron chi connectivity index (χ1n) is 5.47. The third kappa shape index (κ3) is 3.90. The van der Waals surface area contributed by atoms with Gasteiger partial charge in [-0.3, -0.25) is 4.79 Å². The predicted molar refractivity (Wildman–Crippen MR) is 71.6 cm³/mol. The fourth-order valence-electron chi connectivity index (χ4n) is 1.32. The molecule has 94 valence electrons. The topological polar surface area (TPSA) is 26.3 Å². The lowest BCUT2D eigenvalue weighted by atomic mass is 10.1. The Labute approximate surface area is 112 Å². The predicted octanol–water partition coefficient (Wildman–Crippen LogP) is 4.10. The SMILES string of the molecule is Cc1cc(OCC(C)C)c(C(=O)CCl)cc1Cl. The zero-order chi connectivity index (χ0) is 13.0. The van der Waals surface area contributed by atoms with Crippen LogP contribution in [0.1, 0.15) is 29.8 Å². The number of ketones is 1. The van der Waals surface area contributed by atoms with E-state index in [9.17, 15) is 4.79 Å². The van der Waals surface area contributed by atoms with Crippen LogP contribution in [0.25, 0.3) is 0 Å². The van der Waals surface area contributed by atoms with Crippen molar-refractivity contribution in [1.82, 2.24) is 0 Å². The number of carbonyl (C=O) groups is 1. The Kier molecular flexibility index (Phi) is 5.29. The number of Topliss-reactive ketones (excluding diaryl/α,β-unsaturated/α-hetero) is 1. The van der Waals surface area contributed by atoms with E-state index in [1.807, 2.05) is 20.8 Å². The van der Waals surface area contributed by atoms with E-state index in [0.29, 0.717) is 28.9 Å². The molecule has 0 atom stereocenters. The molecule has 0 unspecified atom stereocenters. The van der Waals surface area contributed by atoms with Gasteiger partial charge in [-0.05, 0) is 30.5 Å². The number of rotatable bonds is 5. The zero-order valence-electron chi connectivity index (χ0n) is 10.2. The molecule has 1 aromatic carbocycles. The Morgan fingerprint density at radius 2 is 2.06 bits per heavy atom. The van der Waals surface area contributed by atoms with Gasteiger partial charge in [0.25, 0.3) is 0 Å². The number of hydrogen-bond acceptors (Lipinski definition) is 2. The highest BCUT2D eigenvalue weighted by atomic mass is 35.5. The van der Waals surface area contributed by atoms with E-state index >= 15 is 0 Å². The molecule has 0 amide bonds. The third-order valence-electron chi connectivity index (χ3n) is 2.25. The highest BCUT2D eigenvalue weighted by Crippen LogP contribution is 2.27. The van der Waals surface area contributed by atoms with Crippen LogP contribution in [0.5, 0.6) is 5.75 Å². The van der Waals surface area contributed by atoms with E-state index in [4.69, 9.17) is 27.9 Å². The minimum absolute atomic E-state index is 0.0720. The summed E-state index contributed by atoms with van der Waals surface area (Å²) in [5.41, 5.74) is 1.34. The van der Waals surface area contributed by atoms with Gasteiger partial charge in [-0.1, -0.05) is 25.4 Å². The van der Waals surface area contributed by atoms with Gasteiger partial charge in [-0.15, -0.1) is 11.6 Å². The second-order valence-corrected chi connectivity index (χ2v) is 5.03. The molecule has 0 aliphatic rings. The molecule has 0 aliphatic carbocycles. The summed E-state index contributed by atoms with van der Waals surface area (Å²) in [6, 6.07) is 3.40. The number of hydrogen-bond donors (Lipinski definition) is 0. The van der Waals surface area contributed by atoms with Crippen LogP contribution < -0.4 is 4.74 Å². The molecule has 4 heteroatoms. The number of halogens is 2. The zero-order valence-corrected chi connectivity index (χ0v) is 11.7. The molecular weight excluding hydrogens is 259 g/mol. The van der Waals surface area contributed by atoms with Crippen molar-refractivity contribution in [1.29, 1.82) is 0 Å². The van der Waals surface area contributed by atoms with Crippen molar-refractivity contribution >= 4 is 29.0 Å². The normalized spacial score (nSPS) is 10.7. The van der Waals surface area contributed by atoms with Gasteiger partial charge in [0.1, 0.15) is 5.75 Å². The molecule has 0 aromatic heterocycles. The van der Waals surface area contributed by atoms with E-state index in [2.05, 4.69) is 0 Å². The van der Waals surface area contributed by atoms with E-state index in [-0.39, 0.29) is 11.7 Å². The second-order valence-electron chi connectivity index (χ2n) is 4.36. The van der Waals surface area contributed by atoms with Crippen molar-refractivity contribution in [3.63, 3.8) is 0 Å². The van der Waals surface area contributed by atoms with E-state index in [0.717, 1.165) is 5.56 Å². The van der Waals surface area contributed by atoms with E-state index in [1.54, 1.807) is 12.1 Å². The lowest BCUT2D eigenvalue weighted by Crippen LogP contribution is -2.10. The lowest BCUT2D eigenvalue weighted by Gasteiger charge is -2.13. The van der Waals surface area contributed by atoms with Crippen LogP contribution in [0.4, 0.5) is 0 Å². The first-order valence-corrected chi connectivity index (χ1v) is 6.39. The van der Waals surface area contributed by atoms with Crippen molar-refractivity contribution in [2.75, 3.05) is 12.5 Å². The fourth-order valence-corrected chi connectivity index (χ4v) is 1.63. The standard InChI is InChI=1S/C13H16Cl2O2/c1-8(2)7-17-13-4-9(3)11(15)5-10(13)12(16)6-14/h4-5,8H,6-7H2,1-3H3. The molecule has 0 heterocycles. The molecule has 2 nitrogen and oxygen atoms in total. The molecule has 1 rings (SSSR count). The third-order valence-corrected chi connectivity index (χ3v) is 2.90. The van der Waals surface area contributed by atoms with Gasteiger partial charge in [-0.25, -0.2) is 0 Å². The van der Waals surface area contributed by atoms with Crippen molar-refractivity contribution in [3.8, 4) is 5.75 Å². The largest absolute Gasteiger partial charge is 0.493 e. The van der Waals surface area contributed by atoms with Gasteiger partial charge in [0.05, 0.1) is 18.1 Å². The number of ether oxygens (including phenoxy) is 1. The van der Waals surface area contributed by atoms with Gasteiger partial charge in [0.2, 0.25) is 0 Å². The van der Waals surface area contributed by atoms with Crippen LogP contribution in [0.15, 0.2) is 12.1 Å². The molecule has 0 radical (unpaired) electrons. The van der Waals surface area contributed by atoms with Crippen molar-refractivity contribution < 1.29 is 9.53 Å². The average molecular weight is 275 g/mol. The lowest BCUT2D eigenvalue weighted by molar-refractivity contribution is 0.101. The minimum atomic E-state index is -0.174. The Morgan fingerprint density at radius 3 is 2.59 bits per heavy atom. The van der Waals surface area contributed by atoms with Crippen LogP contribution in [0.3, 0.4) is 0 Å². The van der Waals surface area contributed by atoms with Gasteiger partial charge >= 0.3 is 0 Å². The Morgan fingerprint density at radius 1 is 1.41 bits per heavy atom. The summed E-state index contributed by atoms with van der Waals surface area (Å²) < 4.78 is 5.62. The molecule has 0 spiro atoms. The average Bonchev–Trinajstić information content (AvgIpc) is 2.29. The smallest absolute Gasteiger partial charge is 0.181 e. The second kappa shape index (κ2) is 6.27. The molecule has 1 aromatic rings. The highest BCUT2D eigenvalue weighted by Gasteiger charge is 2.14. The number of benzene rings is 1. The molecule has 0 saturated heterocycles.